The molecule has 3 rings (SSSR count). The lowest BCUT2D eigenvalue weighted by atomic mass is 9.92. The number of benzene rings is 2. The van der Waals surface area contributed by atoms with Crippen molar-refractivity contribution in [3.8, 4) is 17.2 Å². The average molecular weight is 398 g/mol. The van der Waals surface area contributed by atoms with Gasteiger partial charge in [-0.3, -0.25) is 9.59 Å². The Morgan fingerprint density at radius 3 is 2.24 bits per heavy atom. The van der Waals surface area contributed by atoms with Crippen LogP contribution in [0.25, 0.3) is 0 Å². The van der Waals surface area contributed by atoms with Crippen LogP contribution in [0.2, 0.25) is 0 Å². The van der Waals surface area contributed by atoms with Gasteiger partial charge in [0.25, 0.3) is 0 Å². The first-order chi connectivity index (χ1) is 13.9. The van der Waals surface area contributed by atoms with E-state index in [1.165, 1.54) is 7.11 Å². The zero-order chi connectivity index (χ0) is 21.0. The van der Waals surface area contributed by atoms with Crippen molar-refractivity contribution in [1.82, 2.24) is 4.90 Å². The molecule has 154 valence electrons. The van der Waals surface area contributed by atoms with Gasteiger partial charge in [-0.15, -0.1) is 0 Å². The third kappa shape index (κ3) is 4.80. The largest absolute Gasteiger partial charge is 0.497 e. The van der Waals surface area contributed by atoms with Gasteiger partial charge in [0.2, 0.25) is 0 Å². The van der Waals surface area contributed by atoms with Gasteiger partial charge in [0.15, 0.2) is 0 Å². The summed E-state index contributed by atoms with van der Waals surface area (Å²) in [4.78, 5) is 26.4. The maximum atomic E-state index is 12.4. The van der Waals surface area contributed by atoms with E-state index >= 15 is 0 Å². The number of hydrogen-bond donors (Lipinski definition) is 1. The van der Waals surface area contributed by atoms with Crippen molar-refractivity contribution in [1.29, 1.82) is 0 Å². The number of anilines is 1. The van der Waals surface area contributed by atoms with Crippen molar-refractivity contribution in [2.24, 2.45) is 5.92 Å². The van der Waals surface area contributed by atoms with E-state index < -0.39 is 11.8 Å². The SMILES string of the molecule is COc1cc(CC2CN(C(=O)C(=O)Nc3cc(C)ccc3OC)C2)cc(OC)c1. The van der Waals surface area contributed by atoms with E-state index in [1.807, 2.05) is 31.2 Å². The Bertz CT molecular complexity index is 884. The van der Waals surface area contributed by atoms with E-state index in [0.717, 1.165) is 29.0 Å². The molecule has 2 aromatic carbocycles. The number of carbonyl (C=O) groups excluding carboxylic acids is 2. The predicted octanol–water partition coefficient (Wildman–Crippen LogP) is 2.66. The van der Waals surface area contributed by atoms with Crippen LogP contribution in [0.1, 0.15) is 11.1 Å². The summed E-state index contributed by atoms with van der Waals surface area (Å²) in [5.74, 6) is 1.09. The van der Waals surface area contributed by atoms with Crippen LogP contribution in [0.3, 0.4) is 0 Å². The second-order valence-electron chi connectivity index (χ2n) is 7.16. The highest BCUT2D eigenvalue weighted by Gasteiger charge is 2.34. The van der Waals surface area contributed by atoms with Crippen molar-refractivity contribution in [3.63, 3.8) is 0 Å². The molecule has 7 heteroatoms. The van der Waals surface area contributed by atoms with E-state index in [2.05, 4.69) is 5.32 Å². The molecule has 0 saturated carbocycles. The van der Waals surface area contributed by atoms with Crippen molar-refractivity contribution in [3.05, 3.63) is 47.5 Å². The summed E-state index contributed by atoms with van der Waals surface area (Å²) >= 11 is 0. The highest BCUT2D eigenvalue weighted by Crippen LogP contribution is 2.28. The minimum absolute atomic E-state index is 0.289. The molecule has 0 aromatic heterocycles. The molecule has 7 nitrogen and oxygen atoms in total. The second-order valence-corrected chi connectivity index (χ2v) is 7.16. The van der Waals surface area contributed by atoms with Gasteiger partial charge in [0, 0.05) is 19.2 Å². The van der Waals surface area contributed by atoms with Crippen LogP contribution in [-0.4, -0.2) is 51.1 Å². The van der Waals surface area contributed by atoms with Crippen LogP contribution >= 0.6 is 0 Å². The number of ether oxygens (including phenoxy) is 3. The maximum Gasteiger partial charge on any atom is 0.314 e. The highest BCUT2D eigenvalue weighted by molar-refractivity contribution is 6.39. The Morgan fingerprint density at radius 2 is 1.66 bits per heavy atom. The Kier molecular flexibility index (Phi) is 6.26. The molecule has 1 aliphatic heterocycles. The summed E-state index contributed by atoms with van der Waals surface area (Å²) in [5, 5.41) is 2.66. The Labute approximate surface area is 170 Å². The standard InChI is InChI=1S/C22H26N2O5/c1-14-5-6-20(29-4)19(7-14)23-21(25)22(26)24-12-16(13-24)8-15-9-17(27-2)11-18(10-15)28-3/h5-7,9-11,16H,8,12-13H2,1-4H3,(H,23,25). The predicted molar refractivity (Wildman–Crippen MR) is 110 cm³/mol. The van der Waals surface area contributed by atoms with Crippen molar-refractivity contribution >= 4 is 17.5 Å². The summed E-state index contributed by atoms with van der Waals surface area (Å²) in [6.07, 6.45) is 0.782. The molecule has 2 aromatic rings. The molecule has 1 fully saturated rings. The number of nitrogens with one attached hydrogen (secondary N) is 1. The zero-order valence-corrected chi connectivity index (χ0v) is 17.2. The highest BCUT2D eigenvalue weighted by atomic mass is 16.5. The fourth-order valence-corrected chi connectivity index (χ4v) is 3.42. The summed E-state index contributed by atoms with van der Waals surface area (Å²) in [6, 6.07) is 11.2. The molecule has 29 heavy (non-hydrogen) atoms. The summed E-state index contributed by atoms with van der Waals surface area (Å²) in [5.41, 5.74) is 2.53. The maximum absolute atomic E-state index is 12.4. The molecule has 0 radical (unpaired) electrons. The van der Waals surface area contributed by atoms with E-state index in [9.17, 15) is 9.59 Å². The Balaban J connectivity index is 1.56. The normalized spacial score (nSPS) is 13.4. The number of methoxy groups -OCH3 is 3. The van der Waals surface area contributed by atoms with Crippen LogP contribution in [0, 0.1) is 12.8 Å². The summed E-state index contributed by atoms with van der Waals surface area (Å²) in [7, 11) is 4.75. The van der Waals surface area contributed by atoms with Crippen molar-refractivity contribution in [2.75, 3.05) is 39.7 Å². The summed E-state index contributed by atoms with van der Waals surface area (Å²) < 4.78 is 15.8. The number of hydrogen-bond acceptors (Lipinski definition) is 5. The van der Waals surface area contributed by atoms with Crippen LogP contribution in [0.4, 0.5) is 5.69 Å². The van der Waals surface area contributed by atoms with Gasteiger partial charge in [0.05, 0.1) is 27.0 Å². The van der Waals surface area contributed by atoms with Gasteiger partial charge in [-0.25, -0.2) is 0 Å². The minimum atomic E-state index is -0.657. The van der Waals surface area contributed by atoms with Crippen LogP contribution in [0.15, 0.2) is 36.4 Å². The molecule has 1 saturated heterocycles. The first-order valence-electron chi connectivity index (χ1n) is 9.40. The smallest absolute Gasteiger partial charge is 0.314 e. The lowest BCUT2D eigenvalue weighted by molar-refractivity contribution is -0.147. The zero-order valence-electron chi connectivity index (χ0n) is 17.2. The van der Waals surface area contributed by atoms with Gasteiger partial charge in [0.1, 0.15) is 17.2 Å². The van der Waals surface area contributed by atoms with Crippen LogP contribution in [0.5, 0.6) is 17.2 Å². The molecule has 1 aliphatic rings. The number of amides is 2. The molecular formula is C22H26N2O5. The van der Waals surface area contributed by atoms with E-state index in [0.29, 0.717) is 24.5 Å². The third-order valence-electron chi connectivity index (χ3n) is 4.98. The molecule has 1 heterocycles. The molecule has 0 aliphatic carbocycles. The number of aryl methyl sites for hydroxylation is 1. The molecule has 1 N–H and O–H groups in total. The first kappa shape index (κ1) is 20.5. The Morgan fingerprint density at radius 1 is 1.00 bits per heavy atom. The summed E-state index contributed by atoms with van der Waals surface area (Å²) in [6.45, 7) is 2.98. The molecular weight excluding hydrogens is 372 g/mol. The van der Waals surface area contributed by atoms with E-state index in [-0.39, 0.29) is 5.92 Å². The number of likely N-dealkylation sites (tertiary alicyclic amines) is 1. The fourth-order valence-electron chi connectivity index (χ4n) is 3.42. The van der Waals surface area contributed by atoms with E-state index in [4.69, 9.17) is 14.2 Å². The van der Waals surface area contributed by atoms with Gasteiger partial charge in [-0.2, -0.15) is 0 Å². The molecule has 2 amide bonds. The Hall–Kier alpha value is -3.22. The third-order valence-corrected chi connectivity index (χ3v) is 4.98. The molecule has 0 spiro atoms. The lowest BCUT2D eigenvalue weighted by Gasteiger charge is -2.39. The van der Waals surface area contributed by atoms with Gasteiger partial charge in [-0.1, -0.05) is 6.07 Å². The topological polar surface area (TPSA) is 77.1 Å². The minimum Gasteiger partial charge on any atom is -0.497 e. The number of nitrogens with zero attached hydrogens (tertiary/aromatic N) is 1. The number of rotatable bonds is 6. The van der Waals surface area contributed by atoms with Crippen LogP contribution < -0.4 is 19.5 Å². The second kappa shape index (κ2) is 8.86. The van der Waals surface area contributed by atoms with Gasteiger partial charge in [-0.05, 0) is 54.7 Å². The molecule has 0 atom stereocenters. The van der Waals surface area contributed by atoms with Crippen molar-refractivity contribution < 1.29 is 23.8 Å². The van der Waals surface area contributed by atoms with E-state index in [1.54, 1.807) is 31.3 Å². The van der Waals surface area contributed by atoms with Gasteiger partial charge < -0.3 is 24.4 Å². The average Bonchev–Trinajstić information content (AvgIpc) is 2.69. The molecule has 0 bridgehead atoms. The van der Waals surface area contributed by atoms with Crippen molar-refractivity contribution in [2.45, 2.75) is 13.3 Å². The molecule has 0 unspecified atom stereocenters. The first-order valence-corrected chi connectivity index (χ1v) is 9.40. The van der Waals surface area contributed by atoms with Crippen LogP contribution in [-0.2, 0) is 16.0 Å². The lowest BCUT2D eigenvalue weighted by Crippen LogP contribution is -2.54. The van der Waals surface area contributed by atoms with Gasteiger partial charge >= 0.3 is 11.8 Å². The quantitative estimate of drug-likeness (QED) is 0.757. The number of carbonyl (C=O) groups is 2. The monoisotopic (exact) mass is 398 g/mol. The fraction of sp³-hybridized carbons (Fsp3) is 0.364.